The van der Waals surface area contributed by atoms with Crippen LogP contribution in [0.4, 0.5) is 18.9 Å². The molecule has 0 unspecified atom stereocenters. The highest BCUT2D eigenvalue weighted by atomic mass is 19.4. The summed E-state index contributed by atoms with van der Waals surface area (Å²) >= 11 is 0. The number of aromatic nitrogens is 3. The maximum Gasteiger partial charge on any atom is 0.573 e. The predicted molar refractivity (Wildman–Crippen MR) is 151 cm³/mol. The number of benzene rings is 2. The van der Waals surface area contributed by atoms with Gasteiger partial charge in [-0.1, -0.05) is 24.3 Å². The molecule has 1 aliphatic rings. The quantitative estimate of drug-likeness (QED) is 0.282. The molecule has 5 rings (SSSR count). The molecule has 1 aliphatic heterocycles. The molecule has 2 atom stereocenters. The van der Waals surface area contributed by atoms with Gasteiger partial charge in [0.25, 0.3) is 0 Å². The van der Waals surface area contributed by atoms with Gasteiger partial charge in [0, 0.05) is 43.9 Å². The number of alkyl halides is 3. The fraction of sp³-hybridized carbons (Fsp3) is 0.367. The van der Waals surface area contributed by atoms with Gasteiger partial charge < -0.3 is 24.8 Å². The van der Waals surface area contributed by atoms with Gasteiger partial charge in [-0.2, -0.15) is 0 Å². The number of imidazole rings is 1. The van der Waals surface area contributed by atoms with Crippen LogP contribution in [0.3, 0.4) is 0 Å². The zero-order valence-electron chi connectivity index (χ0n) is 23.0. The van der Waals surface area contributed by atoms with E-state index in [1.807, 2.05) is 24.6 Å². The van der Waals surface area contributed by atoms with Crippen LogP contribution >= 0.6 is 0 Å². The topological polar surface area (TPSA) is 84.3 Å². The van der Waals surface area contributed by atoms with Gasteiger partial charge in [-0.3, -0.25) is 4.79 Å². The number of nitrogens with one attached hydrogen (secondary N) is 2. The largest absolute Gasteiger partial charge is 0.573 e. The number of ether oxygens (including phenoxy) is 1. The van der Waals surface area contributed by atoms with Crippen LogP contribution in [-0.4, -0.2) is 53.0 Å². The fourth-order valence-corrected chi connectivity index (χ4v) is 5.17. The molecule has 0 saturated carbocycles. The maximum absolute atomic E-state index is 12.9. The minimum atomic E-state index is -4.75. The number of amides is 1. The number of hydrogen-bond donors (Lipinski definition) is 2. The Morgan fingerprint density at radius 3 is 2.56 bits per heavy atom. The molecular formula is C30H33F3N6O2. The van der Waals surface area contributed by atoms with Crippen molar-refractivity contribution < 1.29 is 22.7 Å². The van der Waals surface area contributed by atoms with Crippen molar-refractivity contribution in [2.24, 2.45) is 0 Å². The zero-order chi connectivity index (χ0) is 29.0. The monoisotopic (exact) mass is 566 g/mol. The molecule has 8 nitrogen and oxygen atoms in total. The number of hydrogen-bond acceptors (Lipinski definition) is 6. The lowest BCUT2D eigenvalue weighted by Gasteiger charge is -2.20. The van der Waals surface area contributed by atoms with Gasteiger partial charge in [0.2, 0.25) is 5.91 Å². The molecule has 2 aromatic carbocycles. The van der Waals surface area contributed by atoms with Gasteiger partial charge in [0.1, 0.15) is 17.1 Å². The fourth-order valence-electron chi connectivity index (χ4n) is 5.17. The third kappa shape index (κ3) is 7.15. The second-order valence-electron chi connectivity index (χ2n) is 10.3. The van der Waals surface area contributed by atoms with Crippen LogP contribution < -0.4 is 20.3 Å². The number of likely N-dealkylation sites (N-methyl/N-ethyl adjacent to an activating group) is 1. The number of halogens is 3. The lowest BCUT2D eigenvalue weighted by molar-refractivity contribution is -0.274. The van der Waals surface area contributed by atoms with Crippen LogP contribution in [0, 0.1) is 0 Å². The molecule has 3 heterocycles. The minimum Gasteiger partial charge on any atom is -0.406 e. The van der Waals surface area contributed by atoms with Crippen LogP contribution in [0.15, 0.2) is 66.9 Å². The number of fused-ring (bicyclic) bond motifs is 1. The van der Waals surface area contributed by atoms with Crippen molar-refractivity contribution in [3.63, 3.8) is 0 Å². The smallest absolute Gasteiger partial charge is 0.406 e. The van der Waals surface area contributed by atoms with Gasteiger partial charge in [-0.05, 0) is 67.9 Å². The number of nitrogens with zero attached hydrogens (tertiary/aromatic N) is 4. The van der Waals surface area contributed by atoms with E-state index in [2.05, 4.69) is 54.5 Å². The summed E-state index contributed by atoms with van der Waals surface area (Å²) in [4.78, 5) is 24.4. The van der Waals surface area contributed by atoms with E-state index >= 15 is 0 Å². The number of pyridine rings is 1. The highest BCUT2D eigenvalue weighted by Crippen LogP contribution is 2.25. The molecule has 216 valence electrons. The Morgan fingerprint density at radius 1 is 1.12 bits per heavy atom. The third-order valence-electron chi connectivity index (χ3n) is 7.39. The van der Waals surface area contributed by atoms with Crippen LogP contribution in [-0.2, 0) is 17.8 Å². The highest BCUT2D eigenvalue weighted by molar-refractivity contribution is 5.77. The lowest BCUT2D eigenvalue weighted by Crippen LogP contribution is -2.29. The van der Waals surface area contributed by atoms with Crippen LogP contribution in [0.25, 0.3) is 11.2 Å². The molecule has 1 fully saturated rings. The van der Waals surface area contributed by atoms with Gasteiger partial charge >= 0.3 is 6.36 Å². The van der Waals surface area contributed by atoms with E-state index in [-0.39, 0.29) is 24.1 Å². The van der Waals surface area contributed by atoms with Crippen molar-refractivity contribution in [3.8, 4) is 5.75 Å². The zero-order valence-corrected chi connectivity index (χ0v) is 23.0. The Hall–Kier alpha value is -4.12. The molecule has 0 spiro atoms. The number of carbonyl (C=O) groups is 1. The van der Waals surface area contributed by atoms with Crippen molar-refractivity contribution in [2.45, 2.75) is 51.2 Å². The van der Waals surface area contributed by atoms with Gasteiger partial charge in [-0.25, -0.2) is 9.97 Å². The first kappa shape index (κ1) is 28.4. The molecule has 4 aromatic rings. The number of rotatable bonds is 10. The summed E-state index contributed by atoms with van der Waals surface area (Å²) in [7, 11) is 1.99. The molecule has 41 heavy (non-hydrogen) atoms. The molecule has 0 aliphatic carbocycles. The molecule has 2 N–H and O–H groups in total. The number of anilines is 1. The molecule has 1 saturated heterocycles. The molecule has 0 radical (unpaired) electrons. The molecule has 1 amide bonds. The van der Waals surface area contributed by atoms with Crippen LogP contribution in [0.2, 0.25) is 0 Å². The minimum absolute atomic E-state index is 0.0989. The van der Waals surface area contributed by atoms with Crippen LogP contribution in [0.1, 0.15) is 42.8 Å². The summed E-state index contributed by atoms with van der Waals surface area (Å²) in [6, 6.07) is 18.0. The second-order valence-corrected chi connectivity index (χ2v) is 10.3. The molecule has 2 aromatic heterocycles. The van der Waals surface area contributed by atoms with Crippen molar-refractivity contribution in [1.82, 2.24) is 25.2 Å². The first-order chi connectivity index (χ1) is 19.7. The predicted octanol–water partition coefficient (Wildman–Crippen LogP) is 4.99. The summed E-state index contributed by atoms with van der Waals surface area (Å²) < 4.78 is 43.4. The van der Waals surface area contributed by atoms with E-state index in [0.29, 0.717) is 36.0 Å². The number of aryl methyl sites for hydroxylation is 1. The Morgan fingerprint density at radius 2 is 1.88 bits per heavy atom. The molecule has 11 heteroatoms. The van der Waals surface area contributed by atoms with E-state index < -0.39 is 6.36 Å². The number of carbonyl (C=O) groups excluding carboxylic acids is 1. The van der Waals surface area contributed by atoms with E-state index in [0.717, 1.165) is 30.6 Å². The van der Waals surface area contributed by atoms with Gasteiger partial charge in [-0.15, -0.1) is 13.2 Å². The SMILES string of the molecule is CN[C@H]1CCN(c2ccc([C@H](C)NC(=O)CCc3nc4cccnc4n3Cc3ccc(OC(F)(F)F)cc3)cc2)C1. The van der Waals surface area contributed by atoms with Gasteiger partial charge in [0.15, 0.2) is 5.65 Å². The van der Waals surface area contributed by atoms with Gasteiger partial charge in [0.05, 0.1) is 12.6 Å². The second kappa shape index (κ2) is 12.2. The standard InChI is InChI=1S/C30H33F3N6O2/c1-20(22-7-9-24(10-8-22)38-17-15-23(19-38)34-2)36-28(40)14-13-27-37-26-4-3-16-35-29(26)39(27)18-21-5-11-25(12-6-21)41-30(31,32)33/h3-12,16,20,23,34H,13-15,17-19H2,1-2H3,(H,36,40)/t20-,23-/m0/s1. The first-order valence-electron chi connectivity index (χ1n) is 13.6. The highest BCUT2D eigenvalue weighted by Gasteiger charge is 2.31. The van der Waals surface area contributed by atoms with E-state index in [1.54, 1.807) is 24.4 Å². The van der Waals surface area contributed by atoms with Crippen molar-refractivity contribution in [1.29, 1.82) is 0 Å². The average molecular weight is 567 g/mol. The van der Waals surface area contributed by atoms with Crippen molar-refractivity contribution in [3.05, 3.63) is 83.8 Å². The van der Waals surface area contributed by atoms with E-state index in [4.69, 9.17) is 0 Å². The lowest BCUT2D eigenvalue weighted by atomic mass is 10.1. The summed E-state index contributed by atoms with van der Waals surface area (Å²) in [6.45, 7) is 4.31. The van der Waals surface area contributed by atoms with Crippen molar-refractivity contribution in [2.75, 3.05) is 25.0 Å². The van der Waals surface area contributed by atoms with Crippen LogP contribution in [0.5, 0.6) is 5.75 Å². The maximum atomic E-state index is 12.9. The normalized spacial score (nSPS) is 16.2. The van der Waals surface area contributed by atoms with E-state index in [9.17, 15) is 18.0 Å². The summed E-state index contributed by atoms with van der Waals surface area (Å²) in [5.41, 5.74) is 4.29. The Labute approximate surface area is 236 Å². The molecular weight excluding hydrogens is 533 g/mol. The summed E-state index contributed by atoms with van der Waals surface area (Å²) in [5, 5.41) is 6.41. The van der Waals surface area contributed by atoms with Crippen molar-refractivity contribution >= 4 is 22.8 Å². The summed E-state index contributed by atoms with van der Waals surface area (Å²) in [5.74, 6) is 0.291. The third-order valence-corrected chi connectivity index (χ3v) is 7.39. The van der Waals surface area contributed by atoms with E-state index in [1.165, 1.54) is 17.8 Å². The first-order valence-corrected chi connectivity index (χ1v) is 13.6. The molecule has 0 bridgehead atoms. The Kier molecular flexibility index (Phi) is 8.44. The Bertz CT molecular complexity index is 1470. The Balaban J connectivity index is 1.21. The average Bonchev–Trinajstić information content (AvgIpc) is 3.57. The summed E-state index contributed by atoms with van der Waals surface area (Å²) in [6.07, 6.45) is -1.36.